The van der Waals surface area contributed by atoms with E-state index in [4.69, 9.17) is 11.6 Å². The predicted octanol–water partition coefficient (Wildman–Crippen LogP) is 3.20. The number of piperidine rings is 1. The van der Waals surface area contributed by atoms with E-state index in [0.29, 0.717) is 6.54 Å². The molecule has 104 valence electrons. The van der Waals surface area contributed by atoms with Crippen LogP contribution < -0.4 is 10.6 Å². The maximum absolute atomic E-state index is 13.8. The van der Waals surface area contributed by atoms with E-state index < -0.39 is 11.2 Å². The summed E-state index contributed by atoms with van der Waals surface area (Å²) < 4.78 is 13.8. The topological polar surface area (TPSA) is 41.1 Å². The third-order valence-corrected chi connectivity index (χ3v) is 4.12. The number of nitrogens with one attached hydrogen (secondary N) is 2. The Balaban J connectivity index is 2.17. The maximum atomic E-state index is 13.8. The Morgan fingerprint density at radius 1 is 1.58 bits per heavy atom. The summed E-state index contributed by atoms with van der Waals surface area (Å²) in [6, 6.07) is 4.61. The van der Waals surface area contributed by atoms with Crippen molar-refractivity contribution in [2.45, 2.75) is 26.2 Å². The fourth-order valence-corrected chi connectivity index (χ4v) is 2.65. The molecule has 1 atom stereocenters. The van der Waals surface area contributed by atoms with Crippen LogP contribution in [0, 0.1) is 11.2 Å². The van der Waals surface area contributed by atoms with Crippen LogP contribution in [0.3, 0.4) is 0 Å². The van der Waals surface area contributed by atoms with Crippen LogP contribution in [0.5, 0.6) is 0 Å². The van der Waals surface area contributed by atoms with Gasteiger partial charge in [0.05, 0.1) is 16.1 Å². The lowest BCUT2D eigenvalue weighted by Gasteiger charge is -2.35. The van der Waals surface area contributed by atoms with Crippen molar-refractivity contribution in [1.29, 1.82) is 0 Å². The highest BCUT2D eigenvalue weighted by molar-refractivity contribution is 6.31. The summed E-state index contributed by atoms with van der Waals surface area (Å²) in [7, 11) is 0. The molecule has 0 aliphatic carbocycles. The first-order valence-corrected chi connectivity index (χ1v) is 6.93. The fourth-order valence-electron chi connectivity index (χ4n) is 2.48. The van der Waals surface area contributed by atoms with Gasteiger partial charge in [0.25, 0.3) is 0 Å². The fraction of sp³-hybridized carbons (Fsp3) is 0.500. The lowest BCUT2D eigenvalue weighted by molar-refractivity contribution is -0.126. The molecule has 0 bridgehead atoms. The molecule has 0 spiro atoms. The Bertz CT molecular complexity index is 473. The number of halogens is 2. The average Bonchev–Trinajstić information content (AvgIpc) is 2.44. The summed E-state index contributed by atoms with van der Waals surface area (Å²) in [4.78, 5) is 12.4. The van der Waals surface area contributed by atoms with Gasteiger partial charge in [0.1, 0.15) is 0 Å². The molecule has 2 rings (SSSR count). The van der Waals surface area contributed by atoms with Gasteiger partial charge in [-0.3, -0.25) is 4.79 Å². The van der Waals surface area contributed by atoms with E-state index in [2.05, 4.69) is 10.6 Å². The second kappa shape index (κ2) is 5.88. The van der Waals surface area contributed by atoms with Crippen LogP contribution in [0.4, 0.5) is 10.1 Å². The van der Waals surface area contributed by atoms with Gasteiger partial charge in [0.15, 0.2) is 5.82 Å². The molecule has 0 aromatic heterocycles. The van der Waals surface area contributed by atoms with E-state index in [0.717, 1.165) is 25.8 Å². The third kappa shape index (κ3) is 2.90. The van der Waals surface area contributed by atoms with Crippen molar-refractivity contribution in [2.75, 3.05) is 18.4 Å². The van der Waals surface area contributed by atoms with Crippen LogP contribution in [0.25, 0.3) is 0 Å². The quantitative estimate of drug-likeness (QED) is 0.895. The predicted molar refractivity (Wildman–Crippen MR) is 74.9 cm³/mol. The minimum Gasteiger partial charge on any atom is -0.323 e. The van der Waals surface area contributed by atoms with Crippen LogP contribution in [0.15, 0.2) is 18.2 Å². The monoisotopic (exact) mass is 284 g/mol. The van der Waals surface area contributed by atoms with Gasteiger partial charge in [-0.1, -0.05) is 24.6 Å². The van der Waals surface area contributed by atoms with Gasteiger partial charge in [0, 0.05) is 6.54 Å². The van der Waals surface area contributed by atoms with Gasteiger partial charge in [0.2, 0.25) is 5.91 Å². The number of hydrogen-bond donors (Lipinski definition) is 2. The average molecular weight is 285 g/mol. The van der Waals surface area contributed by atoms with Gasteiger partial charge in [-0.05, 0) is 37.9 Å². The lowest BCUT2D eigenvalue weighted by atomic mass is 9.77. The van der Waals surface area contributed by atoms with Crippen LogP contribution in [-0.2, 0) is 4.79 Å². The van der Waals surface area contributed by atoms with E-state index in [9.17, 15) is 9.18 Å². The molecule has 1 fully saturated rings. The maximum Gasteiger partial charge on any atom is 0.231 e. The van der Waals surface area contributed by atoms with E-state index >= 15 is 0 Å². The number of carbonyl (C=O) groups is 1. The van der Waals surface area contributed by atoms with Crippen molar-refractivity contribution < 1.29 is 9.18 Å². The molecule has 1 aromatic carbocycles. The van der Waals surface area contributed by atoms with Crippen molar-refractivity contribution in [3.8, 4) is 0 Å². The Hall–Kier alpha value is -1.13. The Kier molecular flexibility index (Phi) is 4.42. The standard InChI is InChI=1S/C14H18ClFN2O/c1-2-14(7-4-8-17-9-14)13(19)18-11-6-3-5-10(15)12(11)16/h3,5-6,17H,2,4,7-9H2,1H3,(H,18,19). The number of anilines is 1. The summed E-state index contributed by atoms with van der Waals surface area (Å²) in [6.07, 6.45) is 2.51. The van der Waals surface area contributed by atoms with E-state index in [1.807, 2.05) is 6.92 Å². The van der Waals surface area contributed by atoms with Crippen LogP contribution in [-0.4, -0.2) is 19.0 Å². The molecule has 19 heavy (non-hydrogen) atoms. The molecule has 1 aliphatic rings. The molecule has 2 N–H and O–H groups in total. The van der Waals surface area contributed by atoms with E-state index in [1.165, 1.54) is 12.1 Å². The van der Waals surface area contributed by atoms with Crippen LogP contribution in [0.1, 0.15) is 26.2 Å². The van der Waals surface area contributed by atoms with Gasteiger partial charge >= 0.3 is 0 Å². The largest absolute Gasteiger partial charge is 0.323 e. The first-order valence-electron chi connectivity index (χ1n) is 6.55. The molecule has 1 heterocycles. The number of amides is 1. The van der Waals surface area contributed by atoms with E-state index in [-0.39, 0.29) is 16.6 Å². The summed E-state index contributed by atoms with van der Waals surface area (Å²) in [5.41, 5.74) is -0.302. The summed E-state index contributed by atoms with van der Waals surface area (Å²) in [6.45, 7) is 3.55. The lowest BCUT2D eigenvalue weighted by Crippen LogP contribution is -2.47. The van der Waals surface area contributed by atoms with Crippen molar-refractivity contribution in [2.24, 2.45) is 5.41 Å². The molecule has 0 radical (unpaired) electrons. The molecular formula is C14H18ClFN2O. The molecule has 3 nitrogen and oxygen atoms in total. The zero-order valence-electron chi connectivity index (χ0n) is 10.9. The minimum atomic E-state index is -0.576. The van der Waals surface area contributed by atoms with Crippen molar-refractivity contribution in [3.63, 3.8) is 0 Å². The zero-order chi connectivity index (χ0) is 13.9. The van der Waals surface area contributed by atoms with Gasteiger partial charge in [-0.15, -0.1) is 0 Å². The molecule has 0 saturated carbocycles. The molecule has 1 aromatic rings. The summed E-state index contributed by atoms with van der Waals surface area (Å²) in [5, 5.41) is 5.93. The SMILES string of the molecule is CCC1(C(=O)Nc2cccc(Cl)c2F)CCCNC1. The highest BCUT2D eigenvalue weighted by Gasteiger charge is 2.38. The van der Waals surface area contributed by atoms with Gasteiger partial charge < -0.3 is 10.6 Å². The van der Waals surface area contributed by atoms with Crippen LogP contribution >= 0.6 is 11.6 Å². The number of benzene rings is 1. The second-order valence-electron chi connectivity index (χ2n) is 4.97. The first-order chi connectivity index (χ1) is 9.09. The smallest absolute Gasteiger partial charge is 0.231 e. The highest BCUT2D eigenvalue weighted by Crippen LogP contribution is 2.32. The molecule has 1 aliphatic heterocycles. The number of rotatable bonds is 3. The Labute approximate surface area is 117 Å². The van der Waals surface area contributed by atoms with Gasteiger partial charge in [-0.2, -0.15) is 0 Å². The summed E-state index contributed by atoms with van der Waals surface area (Å²) >= 11 is 5.71. The zero-order valence-corrected chi connectivity index (χ0v) is 11.7. The number of hydrogen-bond acceptors (Lipinski definition) is 2. The molecule has 1 saturated heterocycles. The highest BCUT2D eigenvalue weighted by atomic mass is 35.5. The summed E-state index contributed by atoms with van der Waals surface area (Å²) in [5.74, 6) is -0.712. The van der Waals surface area contributed by atoms with Crippen molar-refractivity contribution in [3.05, 3.63) is 29.0 Å². The van der Waals surface area contributed by atoms with Gasteiger partial charge in [-0.25, -0.2) is 4.39 Å². The Morgan fingerprint density at radius 3 is 3.00 bits per heavy atom. The minimum absolute atomic E-state index is 0.0186. The molecule has 1 unspecified atom stereocenters. The Morgan fingerprint density at radius 2 is 2.37 bits per heavy atom. The molecule has 1 amide bonds. The van der Waals surface area contributed by atoms with Crippen LogP contribution in [0.2, 0.25) is 5.02 Å². The normalized spacial score (nSPS) is 23.1. The third-order valence-electron chi connectivity index (χ3n) is 3.83. The number of carbonyl (C=O) groups excluding carboxylic acids is 1. The molecular weight excluding hydrogens is 267 g/mol. The molecule has 5 heteroatoms. The van der Waals surface area contributed by atoms with E-state index in [1.54, 1.807) is 6.07 Å². The first kappa shape index (κ1) is 14.3. The van der Waals surface area contributed by atoms with Crippen molar-refractivity contribution >= 4 is 23.2 Å². The second-order valence-corrected chi connectivity index (χ2v) is 5.38. The van der Waals surface area contributed by atoms with Crippen molar-refractivity contribution in [1.82, 2.24) is 5.32 Å².